The van der Waals surface area contributed by atoms with Crippen LogP contribution in [0.5, 0.6) is 0 Å². The number of ketones is 1. The Kier molecular flexibility index (Phi) is 3.55. The van der Waals surface area contributed by atoms with Crippen molar-refractivity contribution in [1.82, 2.24) is 9.78 Å². The molecule has 0 bridgehead atoms. The van der Waals surface area contributed by atoms with Gasteiger partial charge in [-0.15, -0.1) is 0 Å². The number of Topliss-reactive ketones (excluding diaryl/α,β-unsaturated/α-hetero) is 1. The second kappa shape index (κ2) is 5.12. The zero-order valence-electron chi connectivity index (χ0n) is 10.5. The van der Waals surface area contributed by atoms with Crippen molar-refractivity contribution in [1.29, 1.82) is 0 Å². The Morgan fingerprint density at radius 2 is 2.17 bits per heavy atom. The lowest BCUT2D eigenvalue weighted by Crippen LogP contribution is -2.09. The number of aromatic nitrogens is 2. The van der Waals surface area contributed by atoms with Gasteiger partial charge in [0.15, 0.2) is 5.78 Å². The molecule has 3 nitrogen and oxygen atoms in total. The average molecular weight is 246 g/mol. The lowest BCUT2D eigenvalue weighted by Gasteiger charge is -2.04. The van der Waals surface area contributed by atoms with Gasteiger partial charge in [0.1, 0.15) is 5.82 Å². The first kappa shape index (κ1) is 12.5. The fraction of sp³-hybridized carbons (Fsp3) is 0.286. The van der Waals surface area contributed by atoms with Crippen LogP contribution in [0.2, 0.25) is 0 Å². The maximum atomic E-state index is 13.0. The van der Waals surface area contributed by atoms with E-state index < -0.39 is 0 Å². The van der Waals surface area contributed by atoms with Crippen LogP contribution in [0.25, 0.3) is 0 Å². The van der Waals surface area contributed by atoms with Crippen molar-refractivity contribution >= 4 is 5.78 Å². The highest BCUT2D eigenvalue weighted by atomic mass is 19.1. The number of aryl methyl sites for hydroxylation is 2. The van der Waals surface area contributed by atoms with E-state index in [0.29, 0.717) is 5.56 Å². The number of hydrogen-bond acceptors (Lipinski definition) is 2. The summed E-state index contributed by atoms with van der Waals surface area (Å²) in [5, 5.41) is 4.28. The van der Waals surface area contributed by atoms with Gasteiger partial charge in [0, 0.05) is 17.8 Å². The minimum Gasteiger partial charge on any atom is -0.294 e. The number of halogens is 1. The summed E-state index contributed by atoms with van der Waals surface area (Å²) in [5.74, 6) is -0.481. The Hall–Kier alpha value is -1.97. The van der Waals surface area contributed by atoms with Crippen LogP contribution in [0, 0.1) is 12.7 Å². The predicted octanol–water partition coefficient (Wildman–Crippen LogP) is 2.78. The van der Waals surface area contributed by atoms with Gasteiger partial charge in [-0.05, 0) is 32.0 Å². The smallest absolute Gasteiger partial charge is 0.168 e. The Labute approximate surface area is 105 Å². The molecule has 0 unspecified atom stereocenters. The molecule has 4 heteroatoms. The third kappa shape index (κ3) is 2.64. The van der Waals surface area contributed by atoms with E-state index >= 15 is 0 Å². The van der Waals surface area contributed by atoms with Crippen LogP contribution < -0.4 is 0 Å². The molecule has 0 aliphatic rings. The van der Waals surface area contributed by atoms with Crippen molar-refractivity contribution in [2.75, 3.05) is 0 Å². The predicted molar refractivity (Wildman–Crippen MR) is 67.1 cm³/mol. The maximum Gasteiger partial charge on any atom is 0.168 e. The number of rotatable bonds is 4. The Bertz CT molecular complexity index is 575. The molecule has 94 valence electrons. The molecule has 0 radical (unpaired) electrons. The summed E-state index contributed by atoms with van der Waals surface area (Å²) in [6.45, 7) is 4.59. The largest absolute Gasteiger partial charge is 0.294 e. The van der Waals surface area contributed by atoms with Gasteiger partial charge in [0.05, 0.1) is 12.1 Å². The van der Waals surface area contributed by atoms with Crippen molar-refractivity contribution in [2.24, 2.45) is 0 Å². The number of carbonyl (C=O) groups excluding carboxylic acids is 1. The van der Waals surface area contributed by atoms with E-state index in [4.69, 9.17) is 0 Å². The summed E-state index contributed by atoms with van der Waals surface area (Å²) < 4.78 is 14.8. The van der Waals surface area contributed by atoms with E-state index in [2.05, 4.69) is 5.10 Å². The lowest BCUT2D eigenvalue weighted by molar-refractivity contribution is 0.0990. The van der Waals surface area contributed by atoms with Crippen LogP contribution in [0.15, 0.2) is 30.3 Å². The summed E-state index contributed by atoms with van der Waals surface area (Å²) in [6.07, 6.45) is 0.248. The quantitative estimate of drug-likeness (QED) is 0.777. The van der Waals surface area contributed by atoms with E-state index in [1.807, 2.05) is 19.9 Å². The molecule has 1 heterocycles. The van der Waals surface area contributed by atoms with Crippen molar-refractivity contribution in [3.8, 4) is 0 Å². The van der Waals surface area contributed by atoms with Crippen LogP contribution in [-0.4, -0.2) is 15.6 Å². The molecular formula is C14H15FN2O. The van der Waals surface area contributed by atoms with E-state index in [0.717, 1.165) is 17.9 Å². The zero-order chi connectivity index (χ0) is 13.1. The summed E-state index contributed by atoms with van der Waals surface area (Å²) >= 11 is 0. The second-order valence-corrected chi connectivity index (χ2v) is 4.20. The van der Waals surface area contributed by atoms with Crippen LogP contribution in [0.1, 0.15) is 28.7 Å². The molecule has 1 aromatic carbocycles. The van der Waals surface area contributed by atoms with Gasteiger partial charge in [-0.25, -0.2) is 4.39 Å². The van der Waals surface area contributed by atoms with Crippen molar-refractivity contribution in [3.05, 3.63) is 53.1 Å². The maximum absolute atomic E-state index is 13.0. The average Bonchev–Trinajstić information content (AvgIpc) is 2.69. The summed E-state index contributed by atoms with van der Waals surface area (Å²) in [6, 6.07) is 7.66. The molecule has 0 saturated carbocycles. The summed E-state index contributed by atoms with van der Waals surface area (Å²) in [7, 11) is 0. The van der Waals surface area contributed by atoms with E-state index in [-0.39, 0.29) is 18.0 Å². The zero-order valence-corrected chi connectivity index (χ0v) is 10.5. The van der Waals surface area contributed by atoms with Crippen LogP contribution in [0.3, 0.4) is 0 Å². The standard InChI is InChI=1S/C14H15FN2O/c1-3-17-13(7-10(2)16-17)9-14(18)11-5-4-6-12(15)8-11/h4-8H,3,9H2,1-2H3. The van der Waals surface area contributed by atoms with Crippen molar-refractivity contribution < 1.29 is 9.18 Å². The number of hydrogen-bond donors (Lipinski definition) is 0. The Morgan fingerprint density at radius 1 is 1.39 bits per heavy atom. The molecule has 0 amide bonds. The van der Waals surface area contributed by atoms with Gasteiger partial charge in [0.2, 0.25) is 0 Å². The normalized spacial score (nSPS) is 10.6. The van der Waals surface area contributed by atoms with Gasteiger partial charge in [0.25, 0.3) is 0 Å². The van der Waals surface area contributed by atoms with Crippen LogP contribution in [-0.2, 0) is 13.0 Å². The van der Waals surface area contributed by atoms with Gasteiger partial charge in [-0.3, -0.25) is 9.48 Å². The first-order chi connectivity index (χ1) is 8.60. The molecular weight excluding hydrogens is 231 g/mol. The molecule has 0 spiro atoms. The lowest BCUT2D eigenvalue weighted by atomic mass is 10.1. The summed E-state index contributed by atoms with van der Waals surface area (Å²) in [5.41, 5.74) is 2.15. The second-order valence-electron chi connectivity index (χ2n) is 4.20. The van der Waals surface area contributed by atoms with Gasteiger partial charge < -0.3 is 0 Å². The monoisotopic (exact) mass is 246 g/mol. The van der Waals surface area contributed by atoms with E-state index in [1.54, 1.807) is 16.8 Å². The first-order valence-electron chi connectivity index (χ1n) is 5.92. The first-order valence-corrected chi connectivity index (χ1v) is 5.92. The summed E-state index contributed by atoms with van der Waals surface area (Å²) in [4.78, 5) is 12.0. The molecule has 18 heavy (non-hydrogen) atoms. The Morgan fingerprint density at radius 3 is 2.83 bits per heavy atom. The molecule has 2 aromatic rings. The Balaban J connectivity index is 2.21. The van der Waals surface area contributed by atoms with E-state index in [1.165, 1.54) is 12.1 Å². The SMILES string of the molecule is CCn1nc(C)cc1CC(=O)c1cccc(F)c1. The highest BCUT2D eigenvalue weighted by Gasteiger charge is 2.12. The fourth-order valence-electron chi connectivity index (χ4n) is 1.94. The fourth-order valence-corrected chi connectivity index (χ4v) is 1.94. The highest BCUT2D eigenvalue weighted by Crippen LogP contribution is 2.10. The van der Waals surface area contributed by atoms with Crippen LogP contribution >= 0.6 is 0 Å². The topological polar surface area (TPSA) is 34.9 Å². The van der Waals surface area contributed by atoms with Crippen molar-refractivity contribution in [3.63, 3.8) is 0 Å². The van der Waals surface area contributed by atoms with Gasteiger partial charge in [-0.1, -0.05) is 12.1 Å². The molecule has 0 aliphatic heterocycles. The van der Waals surface area contributed by atoms with Crippen LogP contribution in [0.4, 0.5) is 4.39 Å². The molecule has 0 saturated heterocycles. The molecule has 0 aliphatic carbocycles. The molecule has 0 fully saturated rings. The molecule has 2 rings (SSSR count). The molecule has 0 atom stereocenters. The highest BCUT2D eigenvalue weighted by molar-refractivity contribution is 5.97. The molecule has 1 aromatic heterocycles. The minimum atomic E-state index is -0.388. The molecule has 0 N–H and O–H groups in total. The minimum absolute atomic E-state index is 0.0934. The third-order valence-corrected chi connectivity index (χ3v) is 2.77. The van der Waals surface area contributed by atoms with Gasteiger partial charge >= 0.3 is 0 Å². The number of carbonyl (C=O) groups is 1. The van der Waals surface area contributed by atoms with E-state index in [9.17, 15) is 9.18 Å². The number of benzene rings is 1. The van der Waals surface area contributed by atoms with Gasteiger partial charge in [-0.2, -0.15) is 5.10 Å². The third-order valence-electron chi connectivity index (χ3n) is 2.77. The number of nitrogens with zero attached hydrogens (tertiary/aromatic N) is 2. The van der Waals surface area contributed by atoms with Crippen molar-refractivity contribution in [2.45, 2.75) is 26.8 Å².